The normalized spacial score (nSPS) is 10.9. The lowest BCUT2D eigenvalue weighted by Crippen LogP contribution is -1.94. The Labute approximate surface area is 106 Å². The summed E-state index contributed by atoms with van der Waals surface area (Å²) >= 11 is 1.56. The fourth-order valence-electron chi connectivity index (χ4n) is 1.74. The highest BCUT2D eigenvalue weighted by Crippen LogP contribution is 2.26. The van der Waals surface area contributed by atoms with Crippen LogP contribution in [-0.2, 0) is 0 Å². The molecule has 0 aliphatic carbocycles. The monoisotopic (exact) mass is 261 g/mol. The van der Waals surface area contributed by atoms with Crippen molar-refractivity contribution >= 4 is 27.6 Å². The van der Waals surface area contributed by atoms with Gasteiger partial charge in [0.25, 0.3) is 0 Å². The molecule has 0 spiro atoms. The number of anilines is 1. The number of oxazole rings is 1. The van der Waals surface area contributed by atoms with Crippen LogP contribution < -0.4 is 11.1 Å². The van der Waals surface area contributed by atoms with E-state index in [0.717, 1.165) is 22.9 Å². The summed E-state index contributed by atoms with van der Waals surface area (Å²) < 4.78 is 5.03. The SMILES string of the molecule is CCNc1nc(-c2ccc3[nH]c(=O)oc3c2)cs1. The molecule has 0 radical (unpaired) electrons. The number of hydrogen-bond acceptors (Lipinski definition) is 5. The van der Waals surface area contributed by atoms with Crippen molar-refractivity contribution in [3.05, 3.63) is 34.1 Å². The van der Waals surface area contributed by atoms with E-state index >= 15 is 0 Å². The van der Waals surface area contributed by atoms with E-state index in [1.54, 1.807) is 11.3 Å². The Morgan fingerprint density at radius 1 is 1.50 bits per heavy atom. The molecule has 0 amide bonds. The number of rotatable bonds is 3. The van der Waals surface area contributed by atoms with Crippen LogP contribution in [0.1, 0.15) is 6.92 Å². The first-order valence-corrected chi connectivity index (χ1v) is 6.47. The molecule has 92 valence electrons. The molecule has 0 aliphatic heterocycles. The van der Waals surface area contributed by atoms with Crippen molar-refractivity contribution in [3.8, 4) is 11.3 Å². The number of fused-ring (bicyclic) bond motifs is 1. The van der Waals surface area contributed by atoms with Crippen LogP contribution in [0.4, 0.5) is 5.13 Å². The van der Waals surface area contributed by atoms with Crippen molar-refractivity contribution in [2.45, 2.75) is 6.92 Å². The third kappa shape index (κ3) is 1.91. The maximum Gasteiger partial charge on any atom is 0.417 e. The minimum atomic E-state index is -0.436. The highest BCUT2D eigenvalue weighted by molar-refractivity contribution is 7.14. The third-order valence-corrected chi connectivity index (χ3v) is 3.35. The van der Waals surface area contributed by atoms with Crippen molar-refractivity contribution in [2.24, 2.45) is 0 Å². The van der Waals surface area contributed by atoms with Crippen molar-refractivity contribution in [2.75, 3.05) is 11.9 Å². The van der Waals surface area contributed by atoms with Crippen molar-refractivity contribution in [1.29, 1.82) is 0 Å². The number of nitrogens with zero attached hydrogens (tertiary/aromatic N) is 1. The van der Waals surface area contributed by atoms with Gasteiger partial charge in [-0.2, -0.15) is 0 Å². The maximum atomic E-state index is 11.1. The summed E-state index contributed by atoms with van der Waals surface area (Å²) in [6, 6.07) is 5.55. The van der Waals surface area contributed by atoms with E-state index in [0.29, 0.717) is 11.1 Å². The van der Waals surface area contributed by atoms with Gasteiger partial charge in [0.15, 0.2) is 10.7 Å². The second-order valence-electron chi connectivity index (χ2n) is 3.79. The lowest BCUT2D eigenvalue weighted by molar-refractivity contribution is 0.555. The second kappa shape index (κ2) is 4.30. The maximum absolute atomic E-state index is 11.1. The molecule has 5 nitrogen and oxygen atoms in total. The first-order chi connectivity index (χ1) is 8.76. The van der Waals surface area contributed by atoms with Gasteiger partial charge in [-0.1, -0.05) is 6.07 Å². The van der Waals surface area contributed by atoms with Crippen molar-refractivity contribution in [1.82, 2.24) is 9.97 Å². The molecule has 0 unspecified atom stereocenters. The van der Waals surface area contributed by atoms with E-state index in [4.69, 9.17) is 4.42 Å². The molecule has 3 rings (SSSR count). The van der Waals surface area contributed by atoms with Crippen LogP contribution in [0.2, 0.25) is 0 Å². The van der Waals surface area contributed by atoms with Gasteiger partial charge in [-0.25, -0.2) is 9.78 Å². The van der Waals surface area contributed by atoms with E-state index in [2.05, 4.69) is 15.3 Å². The van der Waals surface area contributed by atoms with Crippen LogP contribution in [0.25, 0.3) is 22.4 Å². The molecular formula is C12H11N3O2S. The lowest BCUT2D eigenvalue weighted by atomic mass is 10.1. The number of H-pyrrole nitrogens is 1. The Morgan fingerprint density at radius 3 is 3.22 bits per heavy atom. The first-order valence-electron chi connectivity index (χ1n) is 5.59. The summed E-state index contributed by atoms with van der Waals surface area (Å²) in [4.78, 5) is 18.2. The number of nitrogens with one attached hydrogen (secondary N) is 2. The standard InChI is InChI=1S/C12H11N3O2S/c1-2-13-11-14-9(6-18-11)7-3-4-8-10(5-7)17-12(16)15-8/h3-6H,2H2,1H3,(H,13,14)(H,15,16). The van der Waals surface area contributed by atoms with Gasteiger partial charge in [0.2, 0.25) is 0 Å². The van der Waals surface area contributed by atoms with Gasteiger partial charge >= 0.3 is 5.76 Å². The molecule has 2 N–H and O–H groups in total. The predicted molar refractivity (Wildman–Crippen MR) is 72.1 cm³/mol. The molecule has 2 aromatic heterocycles. The zero-order chi connectivity index (χ0) is 12.5. The van der Waals surface area contributed by atoms with Crippen LogP contribution >= 0.6 is 11.3 Å². The molecule has 6 heteroatoms. The fraction of sp³-hybridized carbons (Fsp3) is 0.167. The molecule has 18 heavy (non-hydrogen) atoms. The minimum Gasteiger partial charge on any atom is -0.408 e. The molecule has 0 aliphatic rings. The van der Waals surface area contributed by atoms with E-state index < -0.39 is 5.76 Å². The Balaban J connectivity index is 2.04. The van der Waals surface area contributed by atoms with Gasteiger partial charge in [-0.15, -0.1) is 11.3 Å². The van der Waals surface area contributed by atoms with Crippen LogP contribution in [0.5, 0.6) is 0 Å². The molecule has 0 saturated heterocycles. The quantitative estimate of drug-likeness (QED) is 0.760. The summed E-state index contributed by atoms with van der Waals surface area (Å²) in [6.07, 6.45) is 0. The van der Waals surface area contributed by atoms with Crippen molar-refractivity contribution < 1.29 is 4.42 Å². The Kier molecular flexibility index (Phi) is 2.64. The topological polar surface area (TPSA) is 70.9 Å². The molecule has 0 saturated carbocycles. The van der Waals surface area contributed by atoms with Gasteiger partial charge in [0.05, 0.1) is 11.2 Å². The van der Waals surface area contributed by atoms with E-state index in [9.17, 15) is 4.79 Å². The summed E-state index contributed by atoms with van der Waals surface area (Å²) in [5, 5.41) is 6.03. The van der Waals surface area contributed by atoms with E-state index in [1.807, 2.05) is 30.5 Å². The number of aromatic amines is 1. The average molecular weight is 261 g/mol. The van der Waals surface area contributed by atoms with Gasteiger partial charge < -0.3 is 9.73 Å². The molecule has 1 aromatic carbocycles. The Bertz CT molecular complexity index is 741. The first kappa shape index (κ1) is 11.0. The van der Waals surface area contributed by atoms with Gasteiger partial charge in [-0.3, -0.25) is 4.98 Å². The van der Waals surface area contributed by atoms with Crippen LogP contribution in [0, 0.1) is 0 Å². The minimum absolute atomic E-state index is 0.436. The molecule has 0 atom stereocenters. The number of benzene rings is 1. The molecule has 0 bridgehead atoms. The van der Waals surface area contributed by atoms with Gasteiger partial charge in [0, 0.05) is 17.5 Å². The predicted octanol–water partition coefficient (Wildman–Crippen LogP) is 2.68. The molecule has 2 heterocycles. The summed E-state index contributed by atoms with van der Waals surface area (Å²) in [7, 11) is 0. The summed E-state index contributed by atoms with van der Waals surface area (Å²) in [5.74, 6) is -0.436. The van der Waals surface area contributed by atoms with Gasteiger partial charge in [-0.05, 0) is 19.1 Å². The smallest absolute Gasteiger partial charge is 0.408 e. The number of hydrogen-bond donors (Lipinski definition) is 2. The highest BCUT2D eigenvalue weighted by Gasteiger charge is 2.07. The van der Waals surface area contributed by atoms with Crippen LogP contribution in [-0.4, -0.2) is 16.5 Å². The molecular weight excluding hydrogens is 250 g/mol. The van der Waals surface area contributed by atoms with E-state index in [-0.39, 0.29) is 0 Å². The lowest BCUT2D eigenvalue weighted by Gasteiger charge is -1.96. The summed E-state index contributed by atoms with van der Waals surface area (Å²) in [5.41, 5.74) is 3.06. The summed E-state index contributed by atoms with van der Waals surface area (Å²) in [6.45, 7) is 2.88. The Morgan fingerprint density at radius 2 is 2.39 bits per heavy atom. The van der Waals surface area contributed by atoms with Gasteiger partial charge in [0.1, 0.15) is 0 Å². The van der Waals surface area contributed by atoms with Crippen molar-refractivity contribution in [3.63, 3.8) is 0 Å². The number of aromatic nitrogens is 2. The zero-order valence-corrected chi connectivity index (χ0v) is 10.5. The highest BCUT2D eigenvalue weighted by atomic mass is 32.1. The second-order valence-corrected chi connectivity index (χ2v) is 4.65. The average Bonchev–Trinajstić information content (AvgIpc) is 2.93. The van der Waals surface area contributed by atoms with Crippen LogP contribution in [0.3, 0.4) is 0 Å². The Hall–Kier alpha value is -2.08. The van der Waals surface area contributed by atoms with Crippen LogP contribution in [0.15, 0.2) is 32.8 Å². The third-order valence-electron chi connectivity index (χ3n) is 2.55. The van der Waals surface area contributed by atoms with E-state index in [1.165, 1.54) is 0 Å². The zero-order valence-electron chi connectivity index (χ0n) is 9.69. The fourth-order valence-corrected chi connectivity index (χ4v) is 2.53. The molecule has 0 fully saturated rings. The largest absolute Gasteiger partial charge is 0.417 e. The number of thiazole rings is 1. The molecule has 3 aromatic rings.